The van der Waals surface area contributed by atoms with Gasteiger partial charge in [-0.15, -0.1) is 0 Å². The molecule has 1 amide bonds. The summed E-state index contributed by atoms with van der Waals surface area (Å²) in [4.78, 5) is 18.6. The first-order chi connectivity index (χ1) is 12.8. The second-order valence-electron chi connectivity index (χ2n) is 6.26. The number of fused-ring (bicyclic) bond motifs is 2. The summed E-state index contributed by atoms with van der Waals surface area (Å²) in [6, 6.07) is 8.25. The molecule has 0 spiro atoms. The van der Waals surface area contributed by atoms with Crippen LogP contribution in [0.25, 0.3) is 5.65 Å². The molecule has 140 valence electrons. The Kier molecular flexibility index (Phi) is 4.01. The van der Waals surface area contributed by atoms with Gasteiger partial charge in [-0.2, -0.15) is 18.3 Å². The zero-order valence-corrected chi connectivity index (χ0v) is 14.3. The molecule has 0 bridgehead atoms. The number of benzene rings is 1. The summed E-state index contributed by atoms with van der Waals surface area (Å²) in [5.41, 5.74) is -0.0446. The van der Waals surface area contributed by atoms with Crippen LogP contribution in [0.4, 0.5) is 13.2 Å². The summed E-state index contributed by atoms with van der Waals surface area (Å²) >= 11 is 0. The minimum absolute atomic E-state index is 0.0311. The number of amides is 1. The number of rotatable bonds is 1. The molecule has 0 saturated heterocycles. The zero-order chi connectivity index (χ0) is 19.2. The first-order valence-electron chi connectivity index (χ1n) is 8.27. The average Bonchev–Trinajstić information content (AvgIpc) is 2.90. The summed E-state index contributed by atoms with van der Waals surface area (Å²) < 4.78 is 46.2. The summed E-state index contributed by atoms with van der Waals surface area (Å²) in [6.45, 7) is 2.35. The van der Waals surface area contributed by atoms with Crippen molar-refractivity contribution in [3.05, 3.63) is 59.0 Å². The Hall–Kier alpha value is -3.10. The van der Waals surface area contributed by atoms with E-state index in [-0.39, 0.29) is 16.9 Å². The van der Waals surface area contributed by atoms with Gasteiger partial charge in [0.2, 0.25) is 0 Å². The van der Waals surface area contributed by atoms with Crippen LogP contribution >= 0.6 is 0 Å². The number of hydrogen-bond donors (Lipinski definition) is 0. The third-order valence-corrected chi connectivity index (χ3v) is 4.36. The van der Waals surface area contributed by atoms with Crippen molar-refractivity contribution in [1.82, 2.24) is 19.5 Å². The zero-order valence-electron chi connectivity index (χ0n) is 14.3. The monoisotopic (exact) mass is 376 g/mol. The van der Waals surface area contributed by atoms with E-state index >= 15 is 0 Å². The second-order valence-corrected chi connectivity index (χ2v) is 6.26. The number of alkyl halides is 3. The van der Waals surface area contributed by atoms with E-state index in [1.165, 1.54) is 11.8 Å². The molecular formula is C18H15F3N4O2. The lowest BCUT2D eigenvalue weighted by molar-refractivity contribution is -0.142. The molecule has 2 aromatic heterocycles. The van der Waals surface area contributed by atoms with E-state index in [0.29, 0.717) is 30.0 Å². The molecule has 1 aliphatic rings. The highest BCUT2D eigenvalue weighted by molar-refractivity contribution is 5.99. The highest BCUT2D eigenvalue weighted by Gasteiger charge is 2.36. The molecule has 0 fully saturated rings. The van der Waals surface area contributed by atoms with Gasteiger partial charge in [-0.25, -0.2) is 9.50 Å². The van der Waals surface area contributed by atoms with Gasteiger partial charge in [-0.05, 0) is 19.1 Å². The number of hydrogen-bond acceptors (Lipinski definition) is 4. The van der Waals surface area contributed by atoms with Crippen LogP contribution in [0, 0.1) is 6.92 Å². The first-order valence-corrected chi connectivity index (χ1v) is 8.27. The number of carbonyl (C=O) groups is 1. The van der Waals surface area contributed by atoms with Gasteiger partial charge in [-0.3, -0.25) is 4.79 Å². The fraction of sp³-hybridized carbons (Fsp3) is 0.278. The Bertz CT molecular complexity index is 1030. The molecule has 0 aliphatic carbocycles. The molecule has 1 aromatic carbocycles. The Morgan fingerprint density at radius 2 is 2.04 bits per heavy atom. The van der Waals surface area contributed by atoms with Gasteiger partial charge in [0.05, 0.1) is 12.7 Å². The summed E-state index contributed by atoms with van der Waals surface area (Å²) in [7, 11) is 0. The molecule has 3 aromatic rings. The van der Waals surface area contributed by atoms with Gasteiger partial charge in [0.15, 0.2) is 5.65 Å². The van der Waals surface area contributed by atoms with Crippen molar-refractivity contribution in [2.24, 2.45) is 0 Å². The van der Waals surface area contributed by atoms with Crippen LogP contribution in [0.15, 0.2) is 36.5 Å². The highest BCUT2D eigenvalue weighted by Crippen LogP contribution is 2.31. The molecule has 0 saturated carbocycles. The molecule has 0 N–H and O–H groups in total. The van der Waals surface area contributed by atoms with Crippen LogP contribution in [0.1, 0.15) is 27.3 Å². The highest BCUT2D eigenvalue weighted by atomic mass is 19.4. The van der Waals surface area contributed by atoms with E-state index in [2.05, 4.69) is 10.1 Å². The predicted molar refractivity (Wildman–Crippen MR) is 89.4 cm³/mol. The number of ether oxygens (including phenoxy) is 1. The molecule has 27 heavy (non-hydrogen) atoms. The molecule has 4 rings (SSSR count). The molecule has 1 aliphatic heterocycles. The maximum atomic E-state index is 13.3. The van der Waals surface area contributed by atoms with Gasteiger partial charge in [0, 0.05) is 17.8 Å². The van der Waals surface area contributed by atoms with Crippen LogP contribution in [0.5, 0.6) is 5.75 Å². The quantitative estimate of drug-likeness (QED) is 0.655. The fourth-order valence-corrected chi connectivity index (χ4v) is 3.11. The van der Waals surface area contributed by atoms with Gasteiger partial charge in [0.1, 0.15) is 23.6 Å². The van der Waals surface area contributed by atoms with Crippen LogP contribution in [0.2, 0.25) is 0 Å². The Balaban J connectivity index is 1.75. The molecule has 6 nitrogen and oxygen atoms in total. The second kappa shape index (κ2) is 6.26. The van der Waals surface area contributed by atoms with Crippen molar-refractivity contribution in [2.75, 3.05) is 13.2 Å². The first kappa shape index (κ1) is 17.3. The largest absolute Gasteiger partial charge is 0.491 e. The molecule has 0 radical (unpaired) electrons. The molecule has 0 unspecified atom stereocenters. The third kappa shape index (κ3) is 3.09. The maximum Gasteiger partial charge on any atom is 0.433 e. The maximum absolute atomic E-state index is 13.3. The lowest BCUT2D eigenvalue weighted by atomic mass is 10.2. The van der Waals surface area contributed by atoms with Crippen molar-refractivity contribution in [2.45, 2.75) is 19.6 Å². The predicted octanol–water partition coefficient (Wildman–Crippen LogP) is 3.09. The van der Waals surface area contributed by atoms with E-state index in [1.54, 1.807) is 0 Å². The van der Waals surface area contributed by atoms with Gasteiger partial charge in [0.25, 0.3) is 5.91 Å². The van der Waals surface area contributed by atoms with E-state index in [9.17, 15) is 18.0 Å². The van der Waals surface area contributed by atoms with Crippen molar-refractivity contribution < 1.29 is 22.7 Å². The minimum Gasteiger partial charge on any atom is -0.491 e. The number of carbonyl (C=O) groups excluding carboxylic acids is 1. The lowest BCUT2D eigenvalue weighted by Crippen LogP contribution is -2.32. The minimum atomic E-state index is -4.60. The standard InChI is InChI=1S/C18H15F3N4O2/c1-11-8-15(18(19,20)21)25-16(23-11)13(9-22-25)17(26)24-6-7-27-14-5-3-2-4-12(14)10-24/h2-5,8-9H,6-7,10H2,1H3. The van der Waals surface area contributed by atoms with Crippen molar-refractivity contribution in [1.29, 1.82) is 0 Å². The van der Waals surface area contributed by atoms with E-state index in [1.807, 2.05) is 24.3 Å². The number of aryl methyl sites for hydroxylation is 1. The Morgan fingerprint density at radius 1 is 1.26 bits per heavy atom. The van der Waals surface area contributed by atoms with Crippen LogP contribution in [0.3, 0.4) is 0 Å². The number of para-hydroxylation sites is 1. The molecule has 0 atom stereocenters. The SMILES string of the molecule is Cc1cc(C(F)(F)F)n2ncc(C(=O)N3CCOc4ccccc4C3)c2n1. The van der Waals surface area contributed by atoms with Gasteiger partial charge >= 0.3 is 6.18 Å². The number of aromatic nitrogens is 3. The van der Waals surface area contributed by atoms with Crippen LogP contribution < -0.4 is 4.74 Å². The number of nitrogens with zero attached hydrogens (tertiary/aromatic N) is 4. The molecular weight excluding hydrogens is 361 g/mol. The van der Waals surface area contributed by atoms with Crippen LogP contribution in [-0.2, 0) is 12.7 Å². The molecule has 9 heteroatoms. The molecule has 3 heterocycles. The Labute approximate surface area is 152 Å². The van der Waals surface area contributed by atoms with E-state index in [0.717, 1.165) is 17.8 Å². The number of halogens is 3. The van der Waals surface area contributed by atoms with Crippen molar-refractivity contribution in [3.63, 3.8) is 0 Å². The van der Waals surface area contributed by atoms with Crippen molar-refractivity contribution >= 4 is 11.6 Å². The van der Waals surface area contributed by atoms with E-state index < -0.39 is 17.8 Å². The topological polar surface area (TPSA) is 59.7 Å². The fourth-order valence-electron chi connectivity index (χ4n) is 3.11. The lowest BCUT2D eigenvalue weighted by Gasteiger charge is -2.19. The Morgan fingerprint density at radius 3 is 2.81 bits per heavy atom. The third-order valence-electron chi connectivity index (χ3n) is 4.36. The summed E-state index contributed by atoms with van der Waals surface area (Å²) in [5.74, 6) is 0.262. The summed E-state index contributed by atoms with van der Waals surface area (Å²) in [5, 5.41) is 3.77. The normalized spacial score (nSPS) is 14.6. The summed E-state index contributed by atoms with van der Waals surface area (Å²) in [6.07, 6.45) is -3.47. The van der Waals surface area contributed by atoms with Crippen LogP contribution in [-0.4, -0.2) is 38.6 Å². The van der Waals surface area contributed by atoms with Gasteiger partial charge in [-0.1, -0.05) is 18.2 Å². The van der Waals surface area contributed by atoms with Gasteiger partial charge < -0.3 is 9.64 Å². The average molecular weight is 376 g/mol. The van der Waals surface area contributed by atoms with E-state index in [4.69, 9.17) is 4.74 Å². The van der Waals surface area contributed by atoms with Crippen molar-refractivity contribution in [3.8, 4) is 5.75 Å². The smallest absolute Gasteiger partial charge is 0.433 e.